The number of hydrogen-bond donors (Lipinski definition) is 23. The summed E-state index contributed by atoms with van der Waals surface area (Å²) in [5.74, 6) is -4.98. The van der Waals surface area contributed by atoms with E-state index in [1.807, 2.05) is 0 Å². The Balaban J connectivity index is 1.16. The van der Waals surface area contributed by atoms with Gasteiger partial charge in [-0.3, -0.25) is 4.79 Å². The summed E-state index contributed by atoms with van der Waals surface area (Å²) in [5.41, 5.74) is 30.5. The van der Waals surface area contributed by atoms with Gasteiger partial charge in [0.15, 0.2) is 43.3 Å². The zero-order valence-electron chi connectivity index (χ0n) is 40.1. The van der Waals surface area contributed by atoms with E-state index in [0.29, 0.717) is 6.92 Å². The van der Waals surface area contributed by atoms with E-state index in [-0.39, 0.29) is 0 Å². The summed E-state index contributed by atoms with van der Waals surface area (Å²) in [6.45, 7) is -5.82. The van der Waals surface area contributed by atoms with Crippen LogP contribution in [-0.4, -0.2) is 321 Å². The molecule has 6 fully saturated rings. The van der Waals surface area contributed by atoms with Crippen LogP contribution in [-0.2, 0) is 56.9 Å². The molecule has 5 unspecified atom stereocenters. The first-order valence-electron chi connectivity index (χ1n) is 23.7. The van der Waals surface area contributed by atoms with Crippen LogP contribution in [0.4, 0.5) is 0 Å². The molecular weight excluding hydrogens is 1030 g/mol. The van der Waals surface area contributed by atoms with Crippen molar-refractivity contribution >= 4 is 5.97 Å². The third-order valence-corrected chi connectivity index (χ3v) is 14.6. The molecule has 0 spiro atoms. The van der Waals surface area contributed by atoms with Crippen LogP contribution < -0.4 is 34.4 Å². The van der Waals surface area contributed by atoms with Crippen LogP contribution >= 0.6 is 0 Å². The summed E-state index contributed by atoms with van der Waals surface area (Å²) >= 11 is 0. The zero-order chi connectivity index (χ0) is 56.0. The average Bonchev–Trinajstić information content (AvgIpc) is 3.38. The van der Waals surface area contributed by atoms with Gasteiger partial charge in [-0.05, 0) is 0 Å². The third kappa shape index (κ3) is 11.8. The molecule has 6 aliphatic heterocycles. The highest BCUT2D eigenvalue weighted by Crippen LogP contribution is 2.42. The van der Waals surface area contributed by atoms with Crippen LogP contribution in [0.25, 0.3) is 0 Å². The minimum atomic E-state index is -3.31. The molecule has 35 nitrogen and oxygen atoms in total. The molecule has 29 N–H and O–H groups in total. The summed E-state index contributed by atoms with van der Waals surface area (Å²) < 4.78 is 61.8. The Kier molecular flexibility index (Phi) is 20.7. The molecule has 0 amide bonds. The quantitative estimate of drug-likeness (QED) is 0.0448. The van der Waals surface area contributed by atoms with Crippen molar-refractivity contribution in [2.24, 2.45) is 34.4 Å². The predicted molar refractivity (Wildman–Crippen MR) is 234 cm³/mol. The first-order valence-corrected chi connectivity index (χ1v) is 23.7. The number of esters is 1. The number of ether oxygens (including phenoxy) is 11. The van der Waals surface area contributed by atoms with Gasteiger partial charge >= 0.3 is 5.97 Å². The summed E-state index contributed by atoms with van der Waals surface area (Å²) in [5, 5.41) is 183. The number of aliphatic hydroxyl groups is 17. The van der Waals surface area contributed by atoms with Gasteiger partial charge in [-0.25, -0.2) is 0 Å². The molecule has 6 saturated heterocycles. The largest absolute Gasteiger partial charge is 0.430 e. The van der Waals surface area contributed by atoms with Crippen LogP contribution in [0.2, 0.25) is 0 Å². The lowest BCUT2D eigenvalue weighted by molar-refractivity contribution is -0.405. The summed E-state index contributed by atoms with van der Waals surface area (Å²) in [6, 6.07) is -9.78. The number of carbonyl (C=O) groups is 1. The Morgan fingerprint density at radius 1 is 0.467 bits per heavy atom. The molecule has 6 aliphatic rings. The van der Waals surface area contributed by atoms with Gasteiger partial charge in [-0.2, -0.15) is 0 Å². The second kappa shape index (κ2) is 24.9. The molecule has 0 aliphatic carbocycles. The smallest absolute Gasteiger partial charge is 0.311 e. The van der Waals surface area contributed by atoms with Crippen molar-refractivity contribution in [3.8, 4) is 0 Å². The van der Waals surface area contributed by atoms with E-state index in [1.54, 1.807) is 0 Å². The zero-order valence-corrected chi connectivity index (χ0v) is 40.1. The minimum absolute atomic E-state index is 0.648. The average molecular weight is 1100 g/mol. The van der Waals surface area contributed by atoms with E-state index in [1.165, 1.54) is 0 Å². The van der Waals surface area contributed by atoms with Gasteiger partial charge in [-0.1, -0.05) is 0 Å². The highest BCUT2D eigenvalue weighted by Gasteiger charge is 2.66. The monoisotopic (exact) mass is 1100 g/mol. The molecule has 0 aromatic carbocycles. The van der Waals surface area contributed by atoms with E-state index in [9.17, 15) is 91.6 Å². The van der Waals surface area contributed by atoms with E-state index in [0.717, 1.165) is 0 Å². The summed E-state index contributed by atoms with van der Waals surface area (Å²) in [6.07, 6.45) is -41.4. The van der Waals surface area contributed by atoms with Gasteiger partial charge in [0.25, 0.3) is 0 Å². The molecule has 75 heavy (non-hydrogen) atoms. The van der Waals surface area contributed by atoms with Gasteiger partial charge in [0.05, 0.1) is 82.3 Å². The Bertz CT molecular complexity index is 1840. The van der Waals surface area contributed by atoms with E-state index < -0.39 is 241 Å². The predicted octanol–water partition coefficient (Wildman–Crippen LogP) is -16.0. The summed E-state index contributed by atoms with van der Waals surface area (Å²) in [4.78, 5) is 13.9. The summed E-state index contributed by atoms with van der Waals surface area (Å²) in [7, 11) is 0. The van der Waals surface area contributed by atoms with Crippen molar-refractivity contribution in [3.05, 3.63) is 0 Å². The lowest BCUT2D eigenvalue weighted by Crippen LogP contribution is -2.77. The molecule has 0 bridgehead atoms. The number of aliphatic hydroxyl groups excluding tert-OH is 16. The normalized spacial score (nSPS) is 51.7. The minimum Gasteiger partial charge on any atom is -0.430 e. The lowest BCUT2D eigenvalue weighted by atomic mass is 9.80. The van der Waals surface area contributed by atoms with Crippen molar-refractivity contribution in [1.82, 2.24) is 0 Å². The third-order valence-electron chi connectivity index (χ3n) is 14.6. The molecule has 0 radical (unpaired) electrons. The Labute approximate surface area is 425 Å². The first-order chi connectivity index (χ1) is 35.1. The molecule has 6 heterocycles. The van der Waals surface area contributed by atoms with Gasteiger partial charge < -0.3 is 173 Å². The Hall–Kier alpha value is -1.85. The van der Waals surface area contributed by atoms with Crippen molar-refractivity contribution < 1.29 is 144 Å². The van der Waals surface area contributed by atoms with Gasteiger partial charge in [-0.15, -0.1) is 0 Å². The van der Waals surface area contributed by atoms with Crippen molar-refractivity contribution in [3.63, 3.8) is 0 Å². The lowest BCUT2D eigenvalue weighted by Gasteiger charge is -2.54. The fourth-order valence-corrected chi connectivity index (χ4v) is 9.80. The van der Waals surface area contributed by atoms with E-state index in [2.05, 4.69) is 0 Å². The molecule has 438 valence electrons. The topological polar surface area (TPSA) is 619 Å². The molecule has 0 aromatic heterocycles. The molecular formula is C40H74N6O29. The number of carbonyl (C=O) groups excluding carboxylic acids is 1. The van der Waals surface area contributed by atoms with Crippen molar-refractivity contribution in [2.45, 2.75) is 202 Å². The number of rotatable bonds is 18. The van der Waals surface area contributed by atoms with Gasteiger partial charge in [0, 0.05) is 6.92 Å². The molecule has 31 atom stereocenters. The standard InChI is InChI=1S/C40H74N6O29/c1-38(64,40(8-52)31(61)25(59)19(46)37(75-40)72-29-12(6-50)68-35(17(44)23(29)57)70-27-10(4-48)66-33(63)15(42)21(27)55)73-13(53)2-39(7-51)30(60)24(58)18(45)36(74-39)71-28-11(5-49)67-34(16(43)22(28)56)69-26-9(3-47)65-32(62)14(41)20(26)54/h9-12,14-37,47-52,54-64H,2-8,41-46H2,1H3/t9-,10-,11-,12-,14-,15-,16-,17-,18-,19-,20-,21-,22-,23-,24-,25-,26?,27?,28?,29?,30+,31+,32-,33-,34+,35+,36+,37+,38?,39-,40-/m1/s1. The highest BCUT2D eigenvalue weighted by atomic mass is 16.8. The Morgan fingerprint density at radius 2 is 0.800 bits per heavy atom. The van der Waals surface area contributed by atoms with E-state index in [4.69, 9.17) is 86.5 Å². The maximum absolute atomic E-state index is 13.9. The van der Waals surface area contributed by atoms with E-state index >= 15 is 0 Å². The molecule has 0 saturated carbocycles. The van der Waals surface area contributed by atoms with Crippen LogP contribution in [0.1, 0.15) is 13.3 Å². The van der Waals surface area contributed by atoms with Crippen LogP contribution in [0.3, 0.4) is 0 Å². The maximum atomic E-state index is 13.9. The second-order valence-corrected chi connectivity index (χ2v) is 19.5. The van der Waals surface area contributed by atoms with Crippen LogP contribution in [0.5, 0.6) is 0 Å². The molecule has 35 heteroatoms. The fraction of sp³-hybridized carbons (Fsp3) is 0.975. The SMILES string of the molecule is CC(O)(OC(=O)C[C@]1(CO)O[C@H](OC2[C@@H](CO)O[C@@H](OC3[C@@H](CO)O[C@@H](O)[C@H](N)[C@H]3O)[C@H](N)[C@H]2O)[C@H](N)[C@@H](O)[C@@H]1O)[C@]1(CO)O[C@H](OC2[C@@H](CO)O[C@@H](OC3[C@@H](CO)O[C@@H](O)[C@H](N)[C@H]3O)[C@H](N)[C@H]2O)[C@H](N)[C@@H](O)[C@@H]1O. The Morgan fingerprint density at radius 3 is 1.17 bits per heavy atom. The van der Waals surface area contributed by atoms with Crippen LogP contribution in [0.15, 0.2) is 0 Å². The fourth-order valence-electron chi connectivity index (χ4n) is 9.80. The first kappa shape index (κ1) is 62.3. The van der Waals surface area contributed by atoms with Gasteiger partial charge in [0.2, 0.25) is 5.79 Å². The van der Waals surface area contributed by atoms with Crippen molar-refractivity contribution in [1.29, 1.82) is 0 Å². The van der Waals surface area contributed by atoms with Crippen molar-refractivity contribution in [2.75, 3.05) is 39.6 Å². The number of nitrogens with two attached hydrogens (primary N) is 6. The van der Waals surface area contributed by atoms with Gasteiger partial charge in [0.1, 0.15) is 103 Å². The second-order valence-electron chi connectivity index (χ2n) is 19.5. The highest BCUT2D eigenvalue weighted by molar-refractivity contribution is 5.71. The molecule has 6 rings (SSSR count). The number of hydrogen-bond acceptors (Lipinski definition) is 35. The van der Waals surface area contributed by atoms with Crippen LogP contribution in [0, 0.1) is 0 Å². The molecule has 0 aromatic rings. The maximum Gasteiger partial charge on any atom is 0.311 e.